The molecule has 0 bridgehead atoms. The minimum atomic E-state index is 0.0913. The fourth-order valence-corrected chi connectivity index (χ4v) is 5.25. The third kappa shape index (κ3) is 2.26. The second-order valence-corrected chi connectivity index (χ2v) is 7.27. The van der Waals surface area contributed by atoms with Crippen molar-refractivity contribution < 1.29 is 4.52 Å². The van der Waals surface area contributed by atoms with Crippen LogP contribution >= 0.6 is 23.5 Å². The summed E-state index contributed by atoms with van der Waals surface area (Å²) in [4.78, 5) is 4.53. The Kier molecular flexibility index (Phi) is 3.53. The van der Waals surface area contributed by atoms with Crippen molar-refractivity contribution in [2.24, 2.45) is 5.92 Å². The van der Waals surface area contributed by atoms with Gasteiger partial charge in [-0.25, -0.2) is 0 Å². The zero-order chi connectivity index (χ0) is 12.5. The summed E-state index contributed by atoms with van der Waals surface area (Å²) < 4.78 is 5.33. The molecule has 1 aromatic heterocycles. The molecule has 0 N–H and O–H groups in total. The van der Waals surface area contributed by atoms with E-state index in [0.717, 1.165) is 24.4 Å². The fraction of sp³-hybridized carbons (Fsp3) is 0.750. The minimum Gasteiger partial charge on any atom is -0.339 e. The van der Waals surface area contributed by atoms with Crippen molar-refractivity contribution in [3.05, 3.63) is 11.7 Å². The standard InChI is InChI=1S/C12H15N3OS2/c1-2-9-10(18-4-3-17-9)11-14-12(16-15-11)8-5-7(8)6-13/h7-10H,2-5H2,1H3. The van der Waals surface area contributed by atoms with Crippen LogP contribution in [0, 0.1) is 17.2 Å². The van der Waals surface area contributed by atoms with Crippen molar-refractivity contribution in [2.75, 3.05) is 11.5 Å². The maximum atomic E-state index is 8.83. The van der Waals surface area contributed by atoms with Gasteiger partial charge in [-0.15, -0.1) is 11.8 Å². The van der Waals surface area contributed by atoms with Crippen LogP contribution < -0.4 is 0 Å². The molecular weight excluding hydrogens is 266 g/mol. The Bertz CT molecular complexity index is 470. The zero-order valence-electron chi connectivity index (χ0n) is 10.2. The van der Waals surface area contributed by atoms with Gasteiger partial charge in [0.15, 0.2) is 5.82 Å². The summed E-state index contributed by atoms with van der Waals surface area (Å²) in [6, 6.07) is 2.26. The van der Waals surface area contributed by atoms with Crippen LogP contribution in [0.25, 0.3) is 0 Å². The molecule has 1 aromatic rings. The normalized spacial score (nSPS) is 35.1. The summed E-state index contributed by atoms with van der Waals surface area (Å²) in [6.07, 6.45) is 2.01. The average Bonchev–Trinajstić information content (AvgIpc) is 3.06. The Morgan fingerprint density at radius 1 is 1.44 bits per heavy atom. The van der Waals surface area contributed by atoms with Gasteiger partial charge in [0.2, 0.25) is 5.89 Å². The number of thioether (sulfide) groups is 2. The molecule has 4 unspecified atom stereocenters. The lowest BCUT2D eigenvalue weighted by molar-refractivity contribution is 0.371. The van der Waals surface area contributed by atoms with Crippen molar-refractivity contribution >= 4 is 23.5 Å². The Hall–Kier alpha value is -0.670. The molecular formula is C12H15N3OS2. The smallest absolute Gasteiger partial charge is 0.231 e. The molecule has 4 atom stereocenters. The van der Waals surface area contributed by atoms with Gasteiger partial charge in [0.05, 0.1) is 23.2 Å². The van der Waals surface area contributed by atoms with E-state index in [0.29, 0.717) is 16.4 Å². The van der Waals surface area contributed by atoms with Gasteiger partial charge in [0.25, 0.3) is 0 Å². The van der Waals surface area contributed by atoms with Gasteiger partial charge in [0.1, 0.15) is 0 Å². The lowest BCUT2D eigenvalue weighted by Crippen LogP contribution is -2.19. The molecule has 2 aliphatic rings. The zero-order valence-corrected chi connectivity index (χ0v) is 11.8. The molecule has 0 amide bonds. The quantitative estimate of drug-likeness (QED) is 0.848. The summed E-state index contributed by atoms with van der Waals surface area (Å²) in [5.41, 5.74) is 0. The van der Waals surface area contributed by atoms with Crippen LogP contribution in [-0.2, 0) is 0 Å². The number of hydrogen-bond donors (Lipinski definition) is 0. The molecule has 1 saturated heterocycles. The second-order valence-electron chi connectivity index (χ2n) is 4.68. The Balaban J connectivity index is 1.74. The molecule has 0 aromatic carbocycles. The third-order valence-corrected chi connectivity index (χ3v) is 6.68. The van der Waals surface area contributed by atoms with Crippen molar-refractivity contribution in [3.63, 3.8) is 0 Å². The molecule has 0 spiro atoms. The summed E-state index contributed by atoms with van der Waals surface area (Å²) in [6.45, 7) is 2.21. The summed E-state index contributed by atoms with van der Waals surface area (Å²) in [5, 5.41) is 13.9. The first kappa shape index (κ1) is 12.4. The van der Waals surface area contributed by atoms with Crippen LogP contribution in [0.5, 0.6) is 0 Å². The largest absolute Gasteiger partial charge is 0.339 e. The van der Waals surface area contributed by atoms with Gasteiger partial charge >= 0.3 is 0 Å². The molecule has 2 heterocycles. The van der Waals surface area contributed by atoms with Gasteiger partial charge in [0, 0.05) is 16.8 Å². The lowest BCUT2D eigenvalue weighted by Gasteiger charge is -2.27. The number of hydrogen-bond acceptors (Lipinski definition) is 6. The predicted molar refractivity (Wildman–Crippen MR) is 72.5 cm³/mol. The van der Waals surface area contributed by atoms with Gasteiger partial charge in [-0.1, -0.05) is 12.1 Å². The molecule has 6 heteroatoms. The Morgan fingerprint density at radius 2 is 2.28 bits per heavy atom. The van der Waals surface area contributed by atoms with E-state index in [-0.39, 0.29) is 11.8 Å². The van der Waals surface area contributed by atoms with Crippen LogP contribution in [0.1, 0.15) is 42.6 Å². The van der Waals surface area contributed by atoms with Crippen molar-refractivity contribution in [3.8, 4) is 6.07 Å². The number of nitrogens with zero attached hydrogens (tertiary/aromatic N) is 3. The van der Waals surface area contributed by atoms with E-state index in [1.807, 2.05) is 23.5 Å². The van der Waals surface area contributed by atoms with Crippen molar-refractivity contribution in [1.82, 2.24) is 10.1 Å². The lowest BCUT2D eigenvalue weighted by atomic mass is 10.2. The van der Waals surface area contributed by atoms with Crippen LogP contribution in [0.15, 0.2) is 4.52 Å². The SMILES string of the molecule is CCC1SCCSC1c1noc(C2CC2C#N)n1. The first-order valence-corrected chi connectivity index (χ1v) is 8.39. The molecule has 0 radical (unpaired) electrons. The third-order valence-electron chi connectivity index (χ3n) is 3.44. The Morgan fingerprint density at radius 3 is 3.00 bits per heavy atom. The first-order valence-electron chi connectivity index (χ1n) is 6.29. The number of rotatable bonds is 3. The van der Waals surface area contributed by atoms with Crippen molar-refractivity contribution in [2.45, 2.75) is 36.2 Å². The van der Waals surface area contributed by atoms with Crippen molar-refractivity contribution in [1.29, 1.82) is 5.26 Å². The minimum absolute atomic E-state index is 0.0913. The topological polar surface area (TPSA) is 62.7 Å². The fourth-order valence-electron chi connectivity index (χ4n) is 2.27. The molecule has 1 aliphatic carbocycles. The van der Waals surface area contributed by atoms with E-state index in [1.54, 1.807) is 0 Å². The van der Waals surface area contributed by atoms with E-state index >= 15 is 0 Å². The molecule has 4 nitrogen and oxygen atoms in total. The predicted octanol–water partition coefficient (Wildman–Crippen LogP) is 3.00. The molecule has 2 fully saturated rings. The maximum absolute atomic E-state index is 8.83. The summed E-state index contributed by atoms with van der Waals surface area (Å²) in [5.74, 6) is 4.15. The van der Waals surface area contributed by atoms with Gasteiger partial charge in [-0.05, 0) is 12.8 Å². The summed E-state index contributed by atoms with van der Waals surface area (Å²) in [7, 11) is 0. The molecule has 18 heavy (non-hydrogen) atoms. The number of nitriles is 1. The van der Waals surface area contributed by atoms with Crippen LogP contribution in [-0.4, -0.2) is 26.9 Å². The average molecular weight is 281 g/mol. The number of aromatic nitrogens is 2. The summed E-state index contributed by atoms with van der Waals surface area (Å²) >= 11 is 3.94. The highest BCUT2D eigenvalue weighted by Gasteiger charge is 2.43. The van der Waals surface area contributed by atoms with Crippen LogP contribution in [0.4, 0.5) is 0 Å². The van der Waals surface area contributed by atoms with Gasteiger partial charge in [-0.2, -0.15) is 22.0 Å². The van der Waals surface area contributed by atoms with Crippen LogP contribution in [0.3, 0.4) is 0 Å². The van der Waals surface area contributed by atoms with E-state index in [1.165, 1.54) is 5.75 Å². The molecule has 96 valence electrons. The highest BCUT2D eigenvalue weighted by molar-refractivity contribution is 8.06. The molecule has 3 rings (SSSR count). The van der Waals surface area contributed by atoms with E-state index in [2.05, 4.69) is 23.1 Å². The van der Waals surface area contributed by atoms with E-state index in [4.69, 9.17) is 9.78 Å². The molecule has 1 aliphatic heterocycles. The monoisotopic (exact) mass is 281 g/mol. The van der Waals surface area contributed by atoms with E-state index < -0.39 is 0 Å². The maximum Gasteiger partial charge on any atom is 0.231 e. The highest BCUT2D eigenvalue weighted by atomic mass is 32.2. The van der Waals surface area contributed by atoms with Gasteiger partial charge in [-0.3, -0.25) is 0 Å². The van der Waals surface area contributed by atoms with Crippen LogP contribution in [0.2, 0.25) is 0 Å². The first-order chi connectivity index (χ1) is 8.83. The second kappa shape index (κ2) is 5.14. The van der Waals surface area contributed by atoms with E-state index in [9.17, 15) is 0 Å². The Labute approximate surface area is 115 Å². The van der Waals surface area contributed by atoms with Gasteiger partial charge < -0.3 is 4.52 Å². The highest BCUT2D eigenvalue weighted by Crippen LogP contribution is 2.48. The molecule has 1 saturated carbocycles.